The number of carbonyl (C=O) groups excluding carboxylic acids is 1. The Morgan fingerprint density at radius 2 is 1.65 bits per heavy atom. The van der Waals surface area contributed by atoms with Crippen molar-refractivity contribution in [3.8, 4) is 16.9 Å². The number of esters is 1. The number of ether oxygens (including phenoxy) is 1. The first kappa shape index (κ1) is 17.9. The highest BCUT2D eigenvalue weighted by molar-refractivity contribution is 5.97. The van der Waals surface area contributed by atoms with E-state index in [1.54, 1.807) is 0 Å². The van der Waals surface area contributed by atoms with Gasteiger partial charge in [0.1, 0.15) is 11.3 Å². The van der Waals surface area contributed by atoms with Crippen LogP contribution in [0.5, 0.6) is 0 Å². The SMILES string of the molecule is CCOC(=O)c1c(-c2ccccc2)nn(-c2c(C)cc(C)cc2C)c1C. The minimum absolute atomic E-state index is 0.334. The van der Waals surface area contributed by atoms with Crippen molar-refractivity contribution in [3.63, 3.8) is 0 Å². The zero-order valence-corrected chi connectivity index (χ0v) is 16.0. The number of hydrogen-bond donors (Lipinski definition) is 0. The Hall–Kier alpha value is -2.88. The predicted octanol–water partition coefficient (Wildman–Crippen LogP) is 4.95. The second kappa shape index (κ2) is 7.16. The number of aromatic nitrogens is 2. The zero-order valence-electron chi connectivity index (χ0n) is 16.0. The Morgan fingerprint density at radius 3 is 2.23 bits per heavy atom. The van der Waals surface area contributed by atoms with Gasteiger partial charge in [-0.2, -0.15) is 5.10 Å². The summed E-state index contributed by atoms with van der Waals surface area (Å²) in [6.45, 7) is 10.3. The van der Waals surface area contributed by atoms with Gasteiger partial charge in [0.15, 0.2) is 0 Å². The lowest BCUT2D eigenvalue weighted by Crippen LogP contribution is -2.09. The first-order chi connectivity index (χ1) is 12.4. The van der Waals surface area contributed by atoms with E-state index in [2.05, 4.69) is 32.9 Å². The summed E-state index contributed by atoms with van der Waals surface area (Å²) in [5.74, 6) is -0.336. The summed E-state index contributed by atoms with van der Waals surface area (Å²) in [7, 11) is 0. The van der Waals surface area contributed by atoms with Crippen LogP contribution in [0, 0.1) is 27.7 Å². The van der Waals surface area contributed by atoms with Gasteiger partial charge in [0.25, 0.3) is 0 Å². The number of aryl methyl sites for hydroxylation is 3. The van der Waals surface area contributed by atoms with Gasteiger partial charge < -0.3 is 4.74 Å². The van der Waals surface area contributed by atoms with Gasteiger partial charge in [-0.25, -0.2) is 9.48 Å². The Kier molecular flexibility index (Phi) is 4.94. The van der Waals surface area contributed by atoms with Crippen molar-refractivity contribution in [2.45, 2.75) is 34.6 Å². The van der Waals surface area contributed by atoms with Crippen LogP contribution in [-0.2, 0) is 4.74 Å². The normalized spacial score (nSPS) is 10.8. The zero-order chi connectivity index (χ0) is 18.8. The molecule has 0 spiro atoms. The third kappa shape index (κ3) is 3.15. The van der Waals surface area contributed by atoms with Crippen LogP contribution in [0.1, 0.15) is 39.7 Å². The van der Waals surface area contributed by atoms with Gasteiger partial charge in [-0.1, -0.05) is 48.0 Å². The lowest BCUT2D eigenvalue weighted by Gasteiger charge is -2.13. The van der Waals surface area contributed by atoms with Crippen molar-refractivity contribution in [1.29, 1.82) is 0 Å². The van der Waals surface area contributed by atoms with E-state index in [1.807, 2.05) is 48.9 Å². The predicted molar refractivity (Wildman–Crippen MR) is 104 cm³/mol. The number of nitrogens with zero attached hydrogens (tertiary/aromatic N) is 2. The maximum atomic E-state index is 12.7. The fourth-order valence-electron chi connectivity index (χ4n) is 3.47. The van der Waals surface area contributed by atoms with E-state index in [4.69, 9.17) is 9.84 Å². The summed E-state index contributed by atoms with van der Waals surface area (Å²) < 4.78 is 7.18. The van der Waals surface area contributed by atoms with Gasteiger partial charge in [0, 0.05) is 5.56 Å². The van der Waals surface area contributed by atoms with Crippen LogP contribution in [0.15, 0.2) is 42.5 Å². The molecule has 26 heavy (non-hydrogen) atoms. The average Bonchev–Trinajstić information content (AvgIpc) is 2.92. The topological polar surface area (TPSA) is 44.1 Å². The van der Waals surface area contributed by atoms with Gasteiger partial charge in [-0.15, -0.1) is 0 Å². The molecule has 1 aromatic heterocycles. The fraction of sp³-hybridized carbons (Fsp3) is 0.273. The first-order valence-electron chi connectivity index (χ1n) is 8.84. The summed E-state index contributed by atoms with van der Waals surface area (Å²) in [6.07, 6.45) is 0. The molecule has 0 atom stereocenters. The summed E-state index contributed by atoms with van der Waals surface area (Å²) in [5.41, 5.74) is 7.35. The fourth-order valence-corrected chi connectivity index (χ4v) is 3.47. The van der Waals surface area contributed by atoms with Crippen molar-refractivity contribution < 1.29 is 9.53 Å². The molecule has 0 N–H and O–H groups in total. The van der Waals surface area contributed by atoms with Crippen LogP contribution in [0.3, 0.4) is 0 Å². The van der Waals surface area contributed by atoms with Crippen LogP contribution >= 0.6 is 0 Å². The molecule has 0 saturated carbocycles. The van der Waals surface area contributed by atoms with E-state index in [-0.39, 0.29) is 5.97 Å². The minimum Gasteiger partial charge on any atom is -0.462 e. The first-order valence-corrected chi connectivity index (χ1v) is 8.84. The molecule has 134 valence electrons. The molecule has 2 aromatic carbocycles. The Morgan fingerprint density at radius 1 is 1.04 bits per heavy atom. The molecule has 4 heteroatoms. The molecule has 0 fully saturated rings. The van der Waals surface area contributed by atoms with E-state index in [0.29, 0.717) is 17.9 Å². The van der Waals surface area contributed by atoms with Gasteiger partial charge in [0.05, 0.1) is 18.0 Å². The third-order valence-corrected chi connectivity index (χ3v) is 4.49. The summed E-state index contributed by atoms with van der Waals surface area (Å²) in [6, 6.07) is 14.0. The van der Waals surface area contributed by atoms with Gasteiger partial charge in [-0.05, 0) is 45.7 Å². The number of rotatable bonds is 4. The molecule has 4 nitrogen and oxygen atoms in total. The monoisotopic (exact) mass is 348 g/mol. The quantitative estimate of drug-likeness (QED) is 0.627. The van der Waals surface area contributed by atoms with Crippen molar-refractivity contribution in [3.05, 3.63) is 70.4 Å². The molecule has 1 heterocycles. The standard InChI is InChI=1S/C22H24N2O2/c1-6-26-22(25)19-17(5)24(21-15(3)12-14(2)13-16(21)4)23-20(19)18-10-8-7-9-11-18/h7-13H,6H2,1-5H3. The van der Waals surface area contributed by atoms with E-state index in [9.17, 15) is 4.79 Å². The number of hydrogen-bond acceptors (Lipinski definition) is 3. The van der Waals surface area contributed by atoms with Crippen molar-refractivity contribution in [1.82, 2.24) is 9.78 Å². The maximum absolute atomic E-state index is 12.7. The van der Waals surface area contributed by atoms with Crippen molar-refractivity contribution >= 4 is 5.97 Å². The van der Waals surface area contributed by atoms with Crippen LogP contribution in [0.25, 0.3) is 16.9 Å². The van der Waals surface area contributed by atoms with Crippen molar-refractivity contribution in [2.24, 2.45) is 0 Å². The van der Waals surface area contributed by atoms with Gasteiger partial charge >= 0.3 is 5.97 Å². The van der Waals surface area contributed by atoms with Crippen LogP contribution < -0.4 is 0 Å². The Balaban J connectivity index is 2.28. The lowest BCUT2D eigenvalue weighted by molar-refractivity contribution is 0.0526. The van der Waals surface area contributed by atoms with E-state index in [0.717, 1.165) is 28.1 Å². The molecule has 3 aromatic rings. The maximum Gasteiger partial charge on any atom is 0.342 e. The molecule has 0 amide bonds. The molecular weight excluding hydrogens is 324 g/mol. The van der Waals surface area contributed by atoms with E-state index < -0.39 is 0 Å². The molecule has 3 rings (SSSR count). The summed E-state index contributed by atoms with van der Waals surface area (Å²) in [5, 5.41) is 4.82. The minimum atomic E-state index is -0.336. The molecule has 0 radical (unpaired) electrons. The van der Waals surface area contributed by atoms with Gasteiger partial charge in [0.2, 0.25) is 0 Å². The number of benzene rings is 2. The van der Waals surface area contributed by atoms with E-state index >= 15 is 0 Å². The molecule has 0 aliphatic carbocycles. The average molecular weight is 348 g/mol. The highest BCUT2D eigenvalue weighted by atomic mass is 16.5. The summed E-state index contributed by atoms with van der Waals surface area (Å²) in [4.78, 5) is 12.7. The largest absolute Gasteiger partial charge is 0.462 e. The van der Waals surface area contributed by atoms with Crippen LogP contribution in [-0.4, -0.2) is 22.4 Å². The Labute approximate surface area is 154 Å². The Bertz CT molecular complexity index is 933. The molecule has 0 bridgehead atoms. The second-order valence-corrected chi connectivity index (χ2v) is 6.55. The molecule has 0 unspecified atom stereocenters. The third-order valence-electron chi connectivity index (χ3n) is 4.49. The number of carbonyl (C=O) groups is 1. The molecule has 0 aliphatic rings. The molecule has 0 saturated heterocycles. The lowest BCUT2D eigenvalue weighted by atomic mass is 10.0. The smallest absolute Gasteiger partial charge is 0.342 e. The van der Waals surface area contributed by atoms with Crippen LogP contribution in [0.2, 0.25) is 0 Å². The van der Waals surface area contributed by atoms with Crippen molar-refractivity contribution in [2.75, 3.05) is 6.61 Å². The highest BCUT2D eigenvalue weighted by Crippen LogP contribution is 2.30. The molecular formula is C22H24N2O2. The van der Waals surface area contributed by atoms with Gasteiger partial charge in [-0.3, -0.25) is 0 Å². The van der Waals surface area contributed by atoms with Crippen LogP contribution in [0.4, 0.5) is 0 Å². The summed E-state index contributed by atoms with van der Waals surface area (Å²) >= 11 is 0. The highest BCUT2D eigenvalue weighted by Gasteiger charge is 2.25. The second-order valence-electron chi connectivity index (χ2n) is 6.55. The van der Waals surface area contributed by atoms with E-state index in [1.165, 1.54) is 5.56 Å². The molecule has 0 aliphatic heterocycles.